The van der Waals surface area contributed by atoms with Crippen molar-refractivity contribution in [3.8, 4) is 0 Å². The maximum Gasteiger partial charge on any atom is 0.238 e. The normalized spacial score (nSPS) is 33.0. The smallest absolute Gasteiger partial charge is 0.238 e. The minimum absolute atomic E-state index is 0.00588. The third-order valence-electron chi connectivity index (χ3n) is 5.58. The highest BCUT2D eigenvalue weighted by Crippen LogP contribution is 2.50. The van der Waals surface area contributed by atoms with Gasteiger partial charge >= 0.3 is 0 Å². The lowest BCUT2D eigenvalue weighted by atomic mass is 9.63. The molecule has 0 spiro atoms. The van der Waals surface area contributed by atoms with Crippen LogP contribution in [0.5, 0.6) is 0 Å². The molecule has 1 aliphatic heterocycles. The van der Waals surface area contributed by atoms with Crippen LogP contribution in [-0.4, -0.2) is 11.8 Å². The lowest BCUT2D eigenvalue weighted by Crippen LogP contribution is -2.38. The minimum atomic E-state index is -0.124. The topological polar surface area (TPSA) is 37.4 Å². The van der Waals surface area contributed by atoms with E-state index in [0.717, 1.165) is 18.5 Å². The van der Waals surface area contributed by atoms with Crippen LogP contribution in [0.4, 0.5) is 5.69 Å². The standard InChI is InChI=1S/C19H21NO2/c1-11(2)12-7-9-15(10-8-12)20-18(21)16-13-3-4-14(6-5-13)17(16)19(20)22/h3-4,7-11,13-14,16-17H,5-6H2,1-2H3/t13-,14-,16-,17-/m1/s1. The van der Waals surface area contributed by atoms with Gasteiger partial charge in [-0.2, -0.15) is 0 Å². The van der Waals surface area contributed by atoms with E-state index in [1.54, 1.807) is 0 Å². The van der Waals surface area contributed by atoms with E-state index in [1.807, 2.05) is 24.3 Å². The number of fused-ring (bicyclic) bond motifs is 1. The first-order valence-electron chi connectivity index (χ1n) is 8.24. The van der Waals surface area contributed by atoms with Crippen LogP contribution in [-0.2, 0) is 9.59 Å². The van der Waals surface area contributed by atoms with Gasteiger partial charge in [0.25, 0.3) is 0 Å². The van der Waals surface area contributed by atoms with Gasteiger partial charge in [0.2, 0.25) is 11.8 Å². The van der Waals surface area contributed by atoms with Gasteiger partial charge in [-0.1, -0.05) is 38.1 Å². The SMILES string of the molecule is CC(C)c1ccc(N2C(=O)[C@H]3[C@H](C2=O)[C@@H]2C=C[C@@H]3CC2)cc1. The zero-order chi connectivity index (χ0) is 15.4. The third kappa shape index (κ3) is 1.81. The Kier molecular flexibility index (Phi) is 3.00. The molecule has 2 amide bonds. The van der Waals surface area contributed by atoms with Gasteiger partial charge in [0, 0.05) is 0 Å². The molecule has 5 rings (SSSR count). The molecule has 2 fully saturated rings. The summed E-state index contributed by atoms with van der Waals surface area (Å²) in [7, 11) is 0. The molecule has 22 heavy (non-hydrogen) atoms. The largest absolute Gasteiger partial charge is 0.274 e. The summed E-state index contributed by atoms with van der Waals surface area (Å²) in [5.41, 5.74) is 1.95. The van der Waals surface area contributed by atoms with Crippen LogP contribution in [0.25, 0.3) is 0 Å². The average Bonchev–Trinajstić information content (AvgIpc) is 2.82. The highest BCUT2D eigenvalue weighted by atomic mass is 16.2. The summed E-state index contributed by atoms with van der Waals surface area (Å²) < 4.78 is 0. The Balaban J connectivity index is 1.69. The van der Waals surface area contributed by atoms with E-state index >= 15 is 0 Å². The molecule has 1 saturated carbocycles. The van der Waals surface area contributed by atoms with E-state index in [1.165, 1.54) is 10.5 Å². The fraction of sp³-hybridized carbons (Fsp3) is 0.474. The summed E-state index contributed by atoms with van der Waals surface area (Å²) in [6.07, 6.45) is 6.40. The van der Waals surface area contributed by atoms with Crippen molar-refractivity contribution >= 4 is 17.5 Å². The fourth-order valence-corrected chi connectivity index (χ4v) is 4.34. The predicted molar refractivity (Wildman–Crippen MR) is 85.4 cm³/mol. The Bertz CT molecular complexity index is 627. The van der Waals surface area contributed by atoms with Crippen LogP contribution in [0.15, 0.2) is 36.4 Å². The average molecular weight is 295 g/mol. The molecule has 0 radical (unpaired) electrons. The van der Waals surface area contributed by atoms with Gasteiger partial charge < -0.3 is 0 Å². The molecule has 3 aliphatic carbocycles. The summed E-state index contributed by atoms with van der Waals surface area (Å²) in [4.78, 5) is 27.1. The van der Waals surface area contributed by atoms with Crippen molar-refractivity contribution in [1.29, 1.82) is 0 Å². The van der Waals surface area contributed by atoms with Crippen molar-refractivity contribution in [2.75, 3.05) is 4.90 Å². The summed E-state index contributed by atoms with van der Waals surface area (Å²) in [5, 5.41) is 0. The highest BCUT2D eigenvalue weighted by Gasteiger charge is 2.56. The van der Waals surface area contributed by atoms with Gasteiger partial charge in [-0.3, -0.25) is 14.5 Å². The number of amides is 2. The third-order valence-corrected chi connectivity index (χ3v) is 5.58. The van der Waals surface area contributed by atoms with Crippen LogP contribution in [0.2, 0.25) is 0 Å². The number of allylic oxidation sites excluding steroid dienone is 2. The van der Waals surface area contributed by atoms with E-state index in [4.69, 9.17) is 0 Å². The number of anilines is 1. The maximum atomic E-state index is 12.8. The summed E-state index contributed by atoms with van der Waals surface area (Å²) >= 11 is 0. The summed E-state index contributed by atoms with van der Waals surface area (Å²) in [6, 6.07) is 7.88. The maximum absolute atomic E-state index is 12.8. The van der Waals surface area contributed by atoms with Crippen LogP contribution in [0, 0.1) is 23.7 Å². The zero-order valence-electron chi connectivity index (χ0n) is 13.0. The Morgan fingerprint density at radius 3 is 1.82 bits per heavy atom. The molecule has 1 aromatic carbocycles. The number of carbonyl (C=O) groups is 2. The molecule has 114 valence electrons. The molecule has 1 saturated heterocycles. The van der Waals surface area contributed by atoms with Crippen molar-refractivity contribution in [3.63, 3.8) is 0 Å². The van der Waals surface area contributed by atoms with E-state index in [9.17, 15) is 9.59 Å². The molecular weight excluding hydrogens is 274 g/mol. The molecule has 0 unspecified atom stereocenters. The van der Waals surface area contributed by atoms with E-state index < -0.39 is 0 Å². The quantitative estimate of drug-likeness (QED) is 0.618. The van der Waals surface area contributed by atoms with Gasteiger partial charge in [0.15, 0.2) is 0 Å². The Morgan fingerprint density at radius 2 is 1.41 bits per heavy atom. The van der Waals surface area contributed by atoms with Gasteiger partial charge in [0.05, 0.1) is 17.5 Å². The Morgan fingerprint density at radius 1 is 0.909 bits per heavy atom. The minimum Gasteiger partial charge on any atom is -0.274 e. The van der Waals surface area contributed by atoms with Crippen molar-refractivity contribution in [3.05, 3.63) is 42.0 Å². The molecule has 4 atom stereocenters. The number of benzene rings is 1. The van der Waals surface area contributed by atoms with E-state index in [-0.39, 0.29) is 35.5 Å². The summed E-state index contributed by atoms with van der Waals surface area (Å²) in [6.45, 7) is 4.28. The van der Waals surface area contributed by atoms with Gasteiger partial charge in [0.1, 0.15) is 0 Å². The van der Waals surface area contributed by atoms with Gasteiger partial charge in [-0.25, -0.2) is 0 Å². The van der Waals surface area contributed by atoms with Crippen molar-refractivity contribution in [2.24, 2.45) is 23.7 Å². The lowest BCUT2D eigenvalue weighted by molar-refractivity contribution is -0.124. The predicted octanol–water partition coefficient (Wildman–Crippen LogP) is 3.51. The van der Waals surface area contributed by atoms with Crippen LogP contribution in [0.1, 0.15) is 38.2 Å². The number of imide groups is 1. The molecule has 1 heterocycles. The number of nitrogens with zero attached hydrogens (tertiary/aromatic N) is 1. The number of carbonyl (C=O) groups excluding carboxylic acids is 2. The van der Waals surface area contributed by atoms with Crippen molar-refractivity contribution < 1.29 is 9.59 Å². The second-order valence-corrected chi connectivity index (χ2v) is 7.10. The van der Waals surface area contributed by atoms with Gasteiger partial charge in [-0.15, -0.1) is 0 Å². The molecule has 3 nitrogen and oxygen atoms in total. The second-order valence-electron chi connectivity index (χ2n) is 7.10. The monoisotopic (exact) mass is 295 g/mol. The number of hydrogen-bond donors (Lipinski definition) is 0. The number of hydrogen-bond acceptors (Lipinski definition) is 2. The molecular formula is C19H21NO2. The molecule has 2 bridgehead atoms. The van der Waals surface area contributed by atoms with Gasteiger partial charge in [-0.05, 0) is 48.3 Å². The van der Waals surface area contributed by atoms with E-state index in [2.05, 4.69) is 26.0 Å². The van der Waals surface area contributed by atoms with Crippen molar-refractivity contribution in [2.45, 2.75) is 32.6 Å². The molecule has 3 heteroatoms. The molecule has 4 aliphatic rings. The second kappa shape index (κ2) is 4.80. The van der Waals surface area contributed by atoms with Crippen LogP contribution in [0.3, 0.4) is 0 Å². The highest BCUT2D eigenvalue weighted by molar-refractivity contribution is 6.22. The summed E-state index contributed by atoms with van der Waals surface area (Å²) in [5.74, 6) is 0.721. The Labute approximate surface area is 131 Å². The Hall–Kier alpha value is -1.90. The zero-order valence-corrected chi connectivity index (χ0v) is 13.0. The van der Waals surface area contributed by atoms with Crippen LogP contribution < -0.4 is 4.90 Å². The number of rotatable bonds is 2. The first-order chi connectivity index (χ1) is 10.6. The molecule has 1 aromatic rings. The first kappa shape index (κ1) is 13.7. The van der Waals surface area contributed by atoms with E-state index in [0.29, 0.717) is 5.92 Å². The van der Waals surface area contributed by atoms with Crippen LogP contribution >= 0.6 is 0 Å². The molecule has 0 aromatic heterocycles. The first-order valence-corrected chi connectivity index (χ1v) is 8.24. The fourth-order valence-electron chi connectivity index (χ4n) is 4.34. The molecule has 0 N–H and O–H groups in total. The lowest BCUT2D eigenvalue weighted by Gasteiger charge is -2.38. The van der Waals surface area contributed by atoms with Crippen molar-refractivity contribution in [1.82, 2.24) is 0 Å².